The van der Waals surface area contributed by atoms with Crippen molar-refractivity contribution in [1.29, 1.82) is 0 Å². The van der Waals surface area contributed by atoms with Gasteiger partial charge in [0.05, 0.1) is 11.5 Å². The van der Waals surface area contributed by atoms with Crippen LogP contribution in [0.1, 0.15) is 39.0 Å². The molecule has 1 aromatic rings. The summed E-state index contributed by atoms with van der Waals surface area (Å²) >= 11 is 0. The molecule has 1 unspecified atom stereocenters. The van der Waals surface area contributed by atoms with Gasteiger partial charge in [-0.05, 0) is 43.5 Å². The van der Waals surface area contributed by atoms with E-state index < -0.39 is 10.0 Å². The van der Waals surface area contributed by atoms with E-state index in [2.05, 4.69) is 6.92 Å². The summed E-state index contributed by atoms with van der Waals surface area (Å²) in [5, 5.41) is 0. The SMILES string of the molecule is CCCCCOc1ccc(S(=O)(=O)N2CCCC(N)C2)cc1. The van der Waals surface area contributed by atoms with Crippen LogP contribution in [0.2, 0.25) is 0 Å². The molecule has 1 aliphatic heterocycles. The van der Waals surface area contributed by atoms with Gasteiger partial charge in [0.25, 0.3) is 0 Å². The van der Waals surface area contributed by atoms with Crippen molar-refractivity contribution in [3.63, 3.8) is 0 Å². The zero-order valence-electron chi connectivity index (χ0n) is 13.2. The third-order valence-electron chi connectivity index (χ3n) is 3.90. The molecule has 1 fully saturated rings. The number of hydrogen-bond donors (Lipinski definition) is 1. The van der Waals surface area contributed by atoms with E-state index in [1.807, 2.05) is 0 Å². The van der Waals surface area contributed by atoms with Crippen LogP contribution in [0.5, 0.6) is 5.75 Å². The highest BCUT2D eigenvalue weighted by atomic mass is 32.2. The summed E-state index contributed by atoms with van der Waals surface area (Å²) in [5.74, 6) is 0.713. The van der Waals surface area contributed by atoms with Crippen molar-refractivity contribution in [2.75, 3.05) is 19.7 Å². The van der Waals surface area contributed by atoms with E-state index in [1.165, 1.54) is 4.31 Å². The van der Waals surface area contributed by atoms with Crippen molar-refractivity contribution >= 4 is 10.0 Å². The van der Waals surface area contributed by atoms with Gasteiger partial charge in [-0.15, -0.1) is 0 Å². The zero-order chi connectivity index (χ0) is 16.0. The first-order valence-electron chi connectivity index (χ1n) is 8.02. The van der Waals surface area contributed by atoms with Crippen molar-refractivity contribution in [3.8, 4) is 5.75 Å². The Morgan fingerprint density at radius 1 is 1.27 bits per heavy atom. The Bertz CT molecular complexity index is 557. The van der Waals surface area contributed by atoms with Gasteiger partial charge in [-0.3, -0.25) is 0 Å². The summed E-state index contributed by atoms with van der Waals surface area (Å²) in [7, 11) is -3.44. The number of sulfonamides is 1. The fourth-order valence-corrected chi connectivity index (χ4v) is 4.13. The fraction of sp³-hybridized carbons (Fsp3) is 0.625. The number of nitrogens with two attached hydrogens (primary N) is 1. The maximum Gasteiger partial charge on any atom is 0.243 e. The number of benzene rings is 1. The van der Waals surface area contributed by atoms with E-state index in [0.717, 1.165) is 32.1 Å². The van der Waals surface area contributed by atoms with Crippen LogP contribution in [0.25, 0.3) is 0 Å². The first kappa shape index (κ1) is 17.2. The van der Waals surface area contributed by atoms with Gasteiger partial charge in [-0.2, -0.15) is 4.31 Å². The predicted octanol–water partition coefficient (Wildman–Crippen LogP) is 2.37. The summed E-state index contributed by atoms with van der Waals surface area (Å²) < 4.78 is 32.2. The lowest BCUT2D eigenvalue weighted by Gasteiger charge is -2.29. The molecular formula is C16H26N2O3S. The van der Waals surface area contributed by atoms with Gasteiger partial charge >= 0.3 is 0 Å². The lowest BCUT2D eigenvalue weighted by molar-refractivity contribution is 0.305. The molecule has 1 heterocycles. The number of nitrogens with zero attached hydrogens (tertiary/aromatic N) is 1. The molecular weight excluding hydrogens is 300 g/mol. The van der Waals surface area contributed by atoms with Crippen LogP contribution in [-0.2, 0) is 10.0 Å². The quantitative estimate of drug-likeness (QED) is 0.781. The molecule has 0 spiro atoms. The number of piperidine rings is 1. The normalized spacial score (nSPS) is 20.0. The maximum absolute atomic E-state index is 12.6. The molecule has 1 aromatic carbocycles. The number of ether oxygens (including phenoxy) is 1. The average molecular weight is 326 g/mol. The first-order chi connectivity index (χ1) is 10.5. The molecule has 0 aliphatic carbocycles. The smallest absolute Gasteiger partial charge is 0.243 e. The topological polar surface area (TPSA) is 72.6 Å². The minimum absolute atomic E-state index is 0.0651. The van der Waals surface area contributed by atoms with Gasteiger partial charge in [0.2, 0.25) is 10.0 Å². The Balaban J connectivity index is 1.99. The van der Waals surface area contributed by atoms with Crippen LogP contribution in [0.3, 0.4) is 0 Å². The highest BCUT2D eigenvalue weighted by Crippen LogP contribution is 2.22. The van der Waals surface area contributed by atoms with Crippen LogP contribution in [-0.4, -0.2) is 38.5 Å². The monoisotopic (exact) mass is 326 g/mol. The third-order valence-corrected chi connectivity index (χ3v) is 5.78. The highest BCUT2D eigenvalue weighted by Gasteiger charge is 2.28. The molecule has 0 bridgehead atoms. The zero-order valence-corrected chi connectivity index (χ0v) is 14.0. The molecule has 0 saturated carbocycles. The standard InChI is InChI=1S/C16H26N2O3S/c1-2-3-4-12-21-15-7-9-16(10-8-15)22(19,20)18-11-5-6-14(17)13-18/h7-10,14H,2-6,11-13,17H2,1H3. The van der Waals surface area contributed by atoms with E-state index in [0.29, 0.717) is 30.3 Å². The third kappa shape index (κ3) is 4.44. The van der Waals surface area contributed by atoms with Crippen molar-refractivity contribution in [3.05, 3.63) is 24.3 Å². The largest absolute Gasteiger partial charge is 0.494 e. The van der Waals surface area contributed by atoms with Crippen molar-refractivity contribution < 1.29 is 13.2 Å². The number of unbranched alkanes of at least 4 members (excludes halogenated alkanes) is 2. The summed E-state index contributed by atoms with van der Waals surface area (Å²) in [5.41, 5.74) is 5.88. The summed E-state index contributed by atoms with van der Waals surface area (Å²) in [6.45, 7) is 3.76. The molecule has 1 aliphatic rings. The summed E-state index contributed by atoms with van der Waals surface area (Å²) in [4.78, 5) is 0.308. The second-order valence-corrected chi connectivity index (χ2v) is 7.73. The lowest BCUT2D eigenvalue weighted by Crippen LogP contribution is -2.45. The Hall–Kier alpha value is -1.11. The molecule has 22 heavy (non-hydrogen) atoms. The minimum Gasteiger partial charge on any atom is -0.494 e. The van der Waals surface area contributed by atoms with E-state index in [9.17, 15) is 8.42 Å². The highest BCUT2D eigenvalue weighted by molar-refractivity contribution is 7.89. The Labute approximate surface area is 133 Å². The minimum atomic E-state index is -3.44. The second kappa shape index (κ2) is 7.94. The van der Waals surface area contributed by atoms with E-state index in [-0.39, 0.29) is 6.04 Å². The summed E-state index contributed by atoms with van der Waals surface area (Å²) in [6, 6.07) is 6.62. The second-order valence-electron chi connectivity index (χ2n) is 5.79. The molecule has 6 heteroatoms. The molecule has 124 valence electrons. The Morgan fingerprint density at radius 2 is 2.00 bits per heavy atom. The van der Waals surface area contributed by atoms with Crippen molar-refractivity contribution in [2.45, 2.75) is 50.0 Å². The fourth-order valence-electron chi connectivity index (χ4n) is 2.59. The predicted molar refractivity (Wildman–Crippen MR) is 87.4 cm³/mol. The molecule has 5 nitrogen and oxygen atoms in total. The van der Waals surface area contributed by atoms with Gasteiger partial charge in [0.1, 0.15) is 5.75 Å². The van der Waals surface area contributed by atoms with Gasteiger partial charge in [-0.25, -0.2) is 8.42 Å². The van der Waals surface area contributed by atoms with Crippen molar-refractivity contribution in [1.82, 2.24) is 4.31 Å². The van der Waals surface area contributed by atoms with Crippen LogP contribution < -0.4 is 10.5 Å². The van der Waals surface area contributed by atoms with Gasteiger partial charge in [0, 0.05) is 19.1 Å². The molecule has 1 saturated heterocycles. The van der Waals surface area contributed by atoms with E-state index >= 15 is 0 Å². The van der Waals surface area contributed by atoms with Gasteiger partial charge in [0.15, 0.2) is 0 Å². The van der Waals surface area contributed by atoms with Crippen molar-refractivity contribution in [2.24, 2.45) is 5.73 Å². The van der Waals surface area contributed by atoms with E-state index in [4.69, 9.17) is 10.5 Å². The molecule has 1 atom stereocenters. The molecule has 0 amide bonds. The molecule has 0 radical (unpaired) electrons. The van der Waals surface area contributed by atoms with Gasteiger partial charge in [-0.1, -0.05) is 19.8 Å². The molecule has 2 N–H and O–H groups in total. The Morgan fingerprint density at radius 3 is 2.64 bits per heavy atom. The van der Waals surface area contributed by atoms with E-state index in [1.54, 1.807) is 24.3 Å². The maximum atomic E-state index is 12.6. The molecule has 2 rings (SSSR count). The first-order valence-corrected chi connectivity index (χ1v) is 9.46. The van der Waals surface area contributed by atoms with Crippen LogP contribution in [0.15, 0.2) is 29.2 Å². The van der Waals surface area contributed by atoms with Crippen LogP contribution in [0, 0.1) is 0 Å². The average Bonchev–Trinajstić information content (AvgIpc) is 2.52. The lowest BCUT2D eigenvalue weighted by atomic mass is 10.1. The Kier molecular flexibility index (Phi) is 6.23. The summed E-state index contributed by atoms with van der Waals surface area (Å²) in [6.07, 6.45) is 5.01. The number of hydrogen-bond acceptors (Lipinski definition) is 4. The molecule has 0 aromatic heterocycles. The van der Waals surface area contributed by atoms with Crippen LogP contribution >= 0.6 is 0 Å². The number of rotatable bonds is 7. The van der Waals surface area contributed by atoms with Crippen LogP contribution in [0.4, 0.5) is 0 Å². The van der Waals surface area contributed by atoms with Gasteiger partial charge < -0.3 is 10.5 Å².